The normalized spacial score (nSPS) is 19.1. The lowest BCUT2D eigenvalue weighted by Crippen LogP contribution is -2.44. The maximum Gasteiger partial charge on any atom is 0.191 e. The van der Waals surface area contributed by atoms with Crippen LogP contribution in [0.4, 0.5) is 0 Å². The molecule has 0 saturated carbocycles. The molecule has 2 unspecified atom stereocenters. The van der Waals surface area contributed by atoms with Gasteiger partial charge in [-0.3, -0.25) is 0 Å². The number of guanidine groups is 1. The summed E-state index contributed by atoms with van der Waals surface area (Å²) in [5, 5.41) is 17.5. The first kappa shape index (κ1) is 23.7. The van der Waals surface area contributed by atoms with Crippen molar-refractivity contribution in [3.63, 3.8) is 0 Å². The zero-order valence-electron chi connectivity index (χ0n) is 17.0. The summed E-state index contributed by atoms with van der Waals surface area (Å²) >= 11 is 0. The molecule has 1 aromatic heterocycles. The Hall–Kier alpha value is -1.58. The van der Waals surface area contributed by atoms with E-state index in [9.17, 15) is 5.11 Å². The van der Waals surface area contributed by atoms with Crippen molar-refractivity contribution in [3.05, 3.63) is 60.1 Å². The average molecular weight is 513 g/mol. The van der Waals surface area contributed by atoms with E-state index in [0.717, 1.165) is 37.2 Å². The van der Waals surface area contributed by atoms with Crippen molar-refractivity contribution in [1.82, 2.24) is 10.6 Å². The summed E-state index contributed by atoms with van der Waals surface area (Å²) in [6.45, 7) is 4.28. The molecule has 3 N–H and O–H groups in total. The van der Waals surface area contributed by atoms with E-state index in [4.69, 9.17) is 9.15 Å². The summed E-state index contributed by atoms with van der Waals surface area (Å²) in [7, 11) is 0. The highest BCUT2D eigenvalue weighted by molar-refractivity contribution is 14.0. The van der Waals surface area contributed by atoms with Crippen LogP contribution >= 0.6 is 24.0 Å². The van der Waals surface area contributed by atoms with Crippen LogP contribution in [0, 0.1) is 0 Å². The van der Waals surface area contributed by atoms with Gasteiger partial charge in [0, 0.05) is 26.1 Å². The SMILES string of the molecule is CC(O)(CN=C(NCCc1ccco1)NCC1CCCCO1)c1ccccc1.I. The highest BCUT2D eigenvalue weighted by atomic mass is 127. The Morgan fingerprint density at radius 2 is 2.00 bits per heavy atom. The second-order valence-electron chi connectivity index (χ2n) is 7.43. The second kappa shape index (κ2) is 12.2. The van der Waals surface area contributed by atoms with E-state index >= 15 is 0 Å². The van der Waals surface area contributed by atoms with Crippen LogP contribution in [-0.2, 0) is 16.8 Å². The molecule has 29 heavy (non-hydrogen) atoms. The van der Waals surface area contributed by atoms with Crippen molar-refractivity contribution >= 4 is 29.9 Å². The highest BCUT2D eigenvalue weighted by Crippen LogP contribution is 2.20. The summed E-state index contributed by atoms with van der Waals surface area (Å²) < 4.78 is 11.2. The lowest BCUT2D eigenvalue weighted by molar-refractivity contribution is 0.0194. The van der Waals surface area contributed by atoms with Crippen LogP contribution in [0.1, 0.15) is 37.5 Å². The minimum Gasteiger partial charge on any atom is -0.469 e. The average Bonchev–Trinajstić information content (AvgIpc) is 3.24. The third kappa shape index (κ3) is 7.98. The first-order chi connectivity index (χ1) is 13.6. The fourth-order valence-electron chi connectivity index (χ4n) is 3.23. The zero-order chi connectivity index (χ0) is 19.7. The zero-order valence-corrected chi connectivity index (χ0v) is 19.3. The number of nitrogens with one attached hydrogen (secondary N) is 2. The Labute approximate surface area is 190 Å². The Balaban J connectivity index is 0.00000300. The van der Waals surface area contributed by atoms with Crippen molar-refractivity contribution in [2.75, 3.05) is 26.2 Å². The molecule has 160 valence electrons. The molecule has 1 fully saturated rings. The lowest BCUT2D eigenvalue weighted by Gasteiger charge is -2.25. The third-order valence-corrected chi connectivity index (χ3v) is 4.96. The van der Waals surface area contributed by atoms with Gasteiger partial charge in [0.05, 0.1) is 18.9 Å². The van der Waals surface area contributed by atoms with Crippen LogP contribution in [0.5, 0.6) is 0 Å². The summed E-state index contributed by atoms with van der Waals surface area (Å²) in [5.41, 5.74) is -0.178. The van der Waals surface area contributed by atoms with Crippen molar-refractivity contribution < 1.29 is 14.3 Å². The van der Waals surface area contributed by atoms with Gasteiger partial charge < -0.3 is 24.9 Å². The topological polar surface area (TPSA) is 79.0 Å². The number of nitrogens with zero attached hydrogens (tertiary/aromatic N) is 1. The molecular formula is C22H32IN3O3. The van der Waals surface area contributed by atoms with E-state index in [1.54, 1.807) is 13.2 Å². The summed E-state index contributed by atoms with van der Waals surface area (Å²) in [5.74, 6) is 1.61. The lowest BCUT2D eigenvalue weighted by atomic mass is 9.96. The van der Waals surface area contributed by atoms with Gasteiger partial charge in [-0.25, -0.2) is 4.99 Å². The number of aliphatic imine (C=N–C) groups is 1. The molecule has 3 rings (SSSR count). The van der Waals surface area contributed by atoms with Crippen LogP contribution < -0.4 is 10.6 Å². The van der Waals surface area contributed by atoms with Crippen LogP contribution in [-0.4, -0.2) is 43.4 Å². The van der Waals surface area contributed by atoms with Crippen LogP contribution in [0.3, 0.4) is 0 Å². The molecule has 0 aliphatic carbocycles. The molecule has 2 heterocycles. The largest absolute Gasteiger partial charge is 0.469 e. The number of ether oxygens (including phenoxy) is 1. The van der Waals surface area contributed by atoms with E-state index in [1.165, 1.54) is 6.42 Å². The minimum absolute atomic E-state index is 0. The van der Waals surface area contributed by atoms with Gasteiger partial charge in [0.2, 0.25) is 0 Å². The number of furan rings is 1. The maximum atomic E-state index is 10.8. The summed E-state index contributed by atoms with van der Waals surface area (Å²) in [4.78, 5) is 4.63. The molecule has 0 radical (unpaired) electrons. The van der Waals surface area contributed by atoms with E-state index in [1.807, 2.05) is 42.5 Å². The highest BCUT2D eigenvalue weighted by Gasteiger charge is 2.23. The van der Waals surface area contributed by atoms with Gasteiger partial charge in [-0.1, -0.05) is 30.3 Å². The Morgan fingerprint density at radius 3 is 2.69 bits per heavy atom. The van der Waals surface area contributed by atoms with Crippen LogP contribution in [0.25, 0.3) is 0 Å². The predicted octanol–water partition coefficient (Wildman–Crippen LogP) is 3.45. The molecule has 0 bridgehead atoms. The first-order valence-electron chi connectivity index (χ1n) is 10.1. The number of hydrogen-bond donors (Lipinski definition) is 3. The van der Waals surface area contributed by atoms with Crippen LogP contribution in [0.2, 0.25) is 0 Å². The monoisotopic (exact) mass is 513 g/mol. The number of benzene rings is 1. The Kier molecular flexibility index (Phi) is 9.96. The van der Waals surface area contributed by atoms with Crippen molar-refractivity contribution in [2.45, 2.75) is 44.3 Å². The van der Waals surface area contributed by atoms with Gasteiger partial charge in [0.1, 0.15) is 11.4 Å². The molecule has 1 saturated heterocycles. The van der Waals surface area contributed by atoms with Gasteiger partial charge in [0.15, 0.2) is 5.96 Å². The van der Waals surface area contributed by atoms with E-state index in [2.05, 4.69) is 15.6 Å². The molecule has 7 heteroatoms. The molecule has 1 aliphatic heterocycles. The summed E-state index contributed by atoms with van der Waals surface area (Å²) in [6.07, 6.45) is 6.06. The third-order valence-electron chi connectivity index (χ3n) is 4.96. The Bertz CT molecular complexity index is 714. The second-order valence-corrected chi connectivity index (χ2v) is 7.43. The molecule has 0 amide bonds. The first-order valence-corrected chi connectivity index (χ1v) is 10.1. The van der Waals surface area contributed by atoms with Crippen LogP contribution in [0.15, 0.2) is 58.1 Å². The van der Waals surface area contributed by atoms with E-state index in [-0.39, 0.29) is 36.6 Å². The van der Waals surface area contributed by atoms with Crippen molar-refractivity contribution in [3.8, 4) is 0 Å². The molecule has 1 aliphatic rings. The fraction of sp³-hybridized carbons (Fsp3) is 0.500. The molecule has 1 aromatic carbocycles. The Morgan fingerprint density at radius 1 is 1.17 bits per heavy atom. The number of rotatable bonds is 8. The van der Waals surface area contributed by atoms with Gasteiger partial charge in [-0.2, -0.15) is 0 Å². The molecule has 2 atom stereocenters. The quantitative estimate of drug-likeness (QED) is 0.287. The maximum absolute atomic E-state index is 10.8. The summed E-state index contributed by atoms with van der Waals surface area (Å²) in [6, 6.07) is 13.5. The minimum atomic E-state index is -1.03. The van der Waals surface area contributed by atoms with E-state index < -0.39 is 5.60 Å². The molecular weight excluding hydrogens is 481 g/mol. The molecule has 2 aromatic rings. The van der Waals surface area contributed by atoms with Gasteiger partial charge in [-0.05, 0) is 43.9 Å². The van der Waals surface area contributed by atoms with Crippen molar-refractivity contribution in [1.29, 1.82) is 0 Å². The molecule has 6 nitrogen and oxygen atoms in total. The van der Waals surface area contributed by atoms with Gasteiger partial charge in [-0.15, -0.1) is 24.0 Å². The smallest absolute Gasteiger partial charge is 0.191 e. The molecule has 0 spiro atoms. The van der Waals surface area contributed by atoms with Gasteiger partial charge >= 0.3 is 0 Å². The van der Waals surface area contributed by atoms with Crippen molar-refractivity contribution in [2.24, 2.45) is 4.99 Å². The predicted molar refractivity (Wildman–Crippen MR) is 126 cm³/mol. The van der Waals surface area contributed by atoms with Gasteiger partial charge in [0.25, 0.3) is 0 Å². The number of aliphatic hydroxyl groups is 1. The number of hydrogen-bond acceptors (Lipinski definition) is 4. The van der Waals surface area contributed by atoms with E-state index in [0.29, 0.717) is 19.0 Å². The standard InChI is InChI=1S/C22H31N3O3.HI/c1-22(26,18-8-3-2-4-9-18)17-25-21(23-13-12-19-11-7-15-27-19)24-16-20-10-5-6-14-28-20;/h2-4,7-9,11,15,20,26H,5-6,10,12-14,16-17H2,1H3,(H2,23,24,25);1H. The number of halogens is 1. The fourth-order valence-corrected chi connectivity index (χ4v) is 3.23.